The number of Topliss-reactive ketones (excluding diaryl/α,β-unsaturated/α-hetero) is 1. The monoisotopic (exact) mass is 1460 g/mol. The number of aliphatic carboxylic acids is 1. The van der Waals surface area contributed by atoms with Crippen LogP contribution in [-0.2, 0) is 41.6 Å². The van der Waals surface area contributed by atoms with Gasteiger partial charge in [0.05, 0.1) is 54.4 Å². The summed E-state index contributed by atoms with van der Waals surface area (Å²) in [6, 6.07) is 7.28. The van der Waals surface area contributed by atoms with Crippen LogP contribution in [0.2, 0.25) is 0 Å². The summed E-state index contributed by atoms with van der Waals surface area (Å²) < 4.78 is 154. The van der Waals surface area contributed by atoms with Gasteiger partial charge in [-0.15, -0.1) is 0 Å². The Morgan fingerprint density at radius 3 is 1.16 bits per heavy atom. The fourth-order valence-electron chi connectivity index (χ4n) is 5.52. The molecule has 0 saturated carbocycles. The molecule has 0 amide bonds. The number of phenols is 2. The molecular weight excluding hydrogens is 1400 g/mol. The van der Waals surface area contributed by atoms with Crippen LogP contribution in [0.15, 0.2) is 66.4 Å². The van der Waals surface area contributed by atoms with Crippen LogP contribution in [-0.4, -0.2) is 94.3 Å². The molecule has 30 heteroatoms. The summed E-state index contributed by atoms with van der Waals surface area (Å²) in [5.41, 5.74) is -1.42. The van der Waals surface area contributed by atoms with Crippen molar-refractivity contribution in [2.45, 2.75) is 129 Å². The minimum atomic E-state index is -3.23. The van der Waals surface area contributed by atoms with E-state index in [1.54, 1.807) is 20.8 Å². The van der Waals surface area contributed by atoms with Gasteiger partial charge in [-0.1, -0.05) is 48.5 Å². The van der Waals surface area contributed by atoms with Crippen molar-refractivity contribution in [2.75, 3.05) is 21.3 Å². The second-order valence-electron chi connectivity index (χ2n) is 15.4. The predicted octanol–water partition coefficient (Wildman–Crippen LogP) is 11.9. The van der Waals surface area contributed by atoms with Crippen LogP contribution in [0.4, 0.5) is 43.9 Å². The molecule has 4 aromatic carbocycles. The molecule has 4 rings (SSSR count). The maximum absolute atomic E-state index is 14.0. The minimum Gasteiger partial charge on any atom is -0.870 e. The first kappa shape index (κ1) is 86.4. The van der Waals surface area contributed by atoms with Crippen LogP contribution in [0, 0.1) is 23.3 Å². The van der Waals surface area contributed by atoms with E-state index in [-0.39, 0.29) is 109 Å². The fraction of sp³-hybridized carbons (Fsp3) is 0.451. The number of methoxy groups -OCH3 is 2. The SMILES string of the molecule is CCC(=O)c1cc(Br)c(F)cc1O.CCC(F)(F)c1cc(Br)c(F)cc1O.CC[C@@H](O)C(=O)OC.CC[C@H](Oc1cc(F)c(Br)cc1C(F)(F)CC)C(=O)O.CC[C@H](Oc1cc(F)c(Br)cc1C(F)(F)CC)C(=O)OC.CO.S.[Na+].[OH-]. The van der Waals surface area contributed by atoms with Crippen LogP contribution in [0.1, 0.15) is 120 Å². The molecule has 0 heterocycles. The minimum absolute atomic E-state index is 0. The quantitative estimate of drug-likeness (QED) is 0.0270. The number of carboxylic acids is 1. The van der Waals surface area contributed by atoms with Gasteiger partial charge in [-0.25, -0.2) is 58.3 Å². The maximum atomic E-state index is 14.0. The van der Waals surface area contributed by atoms with Gasteiger partial charge in [0, 0.05) is 57.1 Å². The van der Waals surface area contributed by atoms with Crippen LogP contribution in [0.3, 0.4) is 0 Å². The first-order valence-corrected chi connectivity index (χ1v) is 26.2. The zero-order valence-corrected chi connectivity index (χ0v) is 54.9. The number of aliphatic hydroxyl groups is 2. The van der Waals surface area contributed by atoms with Gasteiger partial charge in [0.1, 0.15) is 46.3 Å². The van der Waals surface area contributed by atoms with Gasteiger partial charge < -0.3 is 50.0 Å². The second-order valence-corrected chi connectivity index (χ2v) is 18.8. The van der Waals surface area contributed by atoms with Crippen molar-refractivity contribution in [3.63, 3.8) is 0 Å². The number of rotatable bonds is 18. The van der Waals surface area contributed by atoms with Gasteiger partial charge in [-0.3, -0.25) is 4.79 Å². The average Bonchev–Trinajstić information content (AvgIpc) is 3.40. The number of halogens is 14. The number of ketones is 1. The van der Waals surface area contributed by atoms with Gasteiger partial charge in [-0.2, -0.15) is 13.5 Å². The standard InChI is InChI=1S/C14H16BrF3O3.C13H14BrF3O3.C9H8BrF3O.C9H8BrFO2.C5H10O3.CH4O.Na.H2O.H2S/c1-4-11(13(19)20-3)21-12-7-10(16)9(15)6-8(12)14(17,18)5-2;1-3-10(12(18)19)20-11-6-9(15)8(14)5-7(11)13(16,17)4-2;1-2-9(12,13)5-3-6(10)7(11)4-8(5)14;1-2-8(12)5-3-6(10)7(11)4-9(5)13;1-3-4(6)5(7)8-2;1-2;;;/h6-7,11H,4-5H2,1-3H3;5-6,10H,3-4H2,1-2H3,(H,18,19);3-4,14H,2H2,1H3;3-4,13H,2H2,1H3;4,6H,3H2,1-2H3;2H,1H3;;2*1H2/q;;;;;;+1;;/p-1/t11-;10-;;;4-;;;;/m00..1..../s1. The second kappa shape index (κ2) is 41.6. The Hall–Kier alpha value is -3.39. The van der Waals surface area contributed by atoms with Gasteiger partial charge in [-0.05, 0) is 107 Å². The van der Waals surface area contributed by atoms with Gasteiger partial charge in [0.15, 0.2) is 24.1 Å². The van der Waals surface area contributed by atoms with E-state index in [1.807, 2.05) is 0 Å². The molecule has 456 valence electrons. The zero-order chi connectivity index (χ0) is 61.2. The number of hydrogen-bond donors (Lipinski definition) is 5. The number of ether oxygens (including phenoxy) is 4. The van der Waals surface area contributed by atoms with Crippen molar-refractivity contribution in [3.05, 3.63) is 112 Å². The smallest absolute Gasteiger partial charge is 0.870 e. The summed E-state index contributed by atoms with van der Waals surface area (Å²) in [5, 5.41) is 42.9. The van der Waals surface area contributed by atoms with E-state index in [9.17, 15) is 68.2 Å². The molecule has 0 bridgehead atoms. The molecule has 0 aromatic heterocycles. The van der Waals surface area contributed by atoms with Gasteiger partial charge in [0.2, 0.25) is 0 Å². The third-order valence-electron chi connectivity index (χ3n) is 10.1. The Kier molecular flexibility index (Phi) is 44.4. The number of carboxylic acid groups (broad SMARTS) is 1. The van der Waals surface area contributed by atoms with E-state index in [1.165, 1.54) is 40.9 Å². The molecule has 0 aliphatic rings. The number of carbonyl (C=O) groups excluding carboxylic acids is 3. The summed E-state index contributed by atoms with van der Waals surface area (Å²) in [7, 11) is 3.42. The van der Waals surface area contributed by atoms with Crippen LogP contribution < -0.4 is 39.0 Å². The molecule has 0 fully saturated rings. The van der Waals surface area contributed by atoms with E-state index >= 15 is 0 Å². The Balaban J connectivity index is -0.000000301. The van der Waals surface area contributed by atoms with E-state index in [0.29, 0.717) is 12.5 Å². The number of aromatic hydroxyl groups is 2. The molecule has 0 aliphatic carbocycles. The molecule has 3 atom stereocenters. The molecule has 6 N–H and O–H groups in total. The summed E-state index contributed by atoms with van der Waals surface area (Å²) in [4.78, 5) is 43.9. The first-order valence-electron chi connectivity index (χ1n) is 23.0. The van der Waals surface area contributed by atoms with Gasteiger partial charge in [0.25, 0.3) is 17.8 Å². The van der Waals surface area contributed by atoms with E-state index < -0.39 is 125 Å². The van der Waals surface area contributed by atoms with Crippen molar-refractivity contribution >= 4 is 101 Å². The number of hydrogen-bond acceptors (Lipinski definition) is 13. The largest absolute Gasteiger partial charge is 1.00 e. The Morgan fingerprint density at radius 2 is 0.852 bits per heavy atom. The molecule has 0 saturated heterocycles. The number of alkyl halides is 6. The molecular formula is C51H63Br4F10NaO14S. The van der Waals surface area contributed by atoms with Crippen molar-refractivity contribution < 1.29 is 143 Å². The predicted molar refractivity (Wildman–Crippen MR) is 295 cm³/mol. The molecule has 0 radical (unpaired) electrons. The van der Waals surface area contributed by atoms with E-state index in [0.717, 1.165) is 50.6 Å². The van der Waals surface area contributed by atoms with E-state index in [4.69, 9.17) is 29.9 Å². The fourth-order valence-corrected chi connectivity index (χ4v) is 6.90. The first-order chi connectivity index (χ1) is 36.1. The molecule has 4 aromatic rings. The van der Waals surface area contributed by atoms with Crippen LogP contribution >= 0.6 is 77.2 Å². The van der Waals surface area contributed by atoms with Crippen LogP contribution in [0.25, 0.3) is 0 Å². The van der Waals surface area contributed by atoms with Crippen molar-refractivity contribution in [1.29, 1.82) is 0 Å². The summed E-state index contributed by atoms with van der Waals surface area (Å²) in [5.74, 6) is -17.1. The average molecular weight is 1460 g/mol. The topological polar surface area (TPSA) is 236 Å². The van der Waals surface area contributed by atoms with E-state index in [2.05, 4.69) is 73.2 Å². The molecule has 0 aliphatic heterocycles. The normalized spacial score (nSPS) is 11.6. The van der Waals surface area contributed by atoms with Gasteiger partial charge >= 0.3 is 47.5 Å². The van der Waals surface area contributed by atoms with Crippen LogP contribution in [0.5, 0.6) is 23.0 Å². The molecule has 81 heavy (non-hydrogen) atoms. The molecule has 0 spiro atoms. The third kappa shape index (κ3) is 27.9. The summed E-state index contributed by atoms with van der Waals surface area (Å²) in [6.07, 6.45) is -3.77. The van der Waals surface area contributed by atoms with Crippen molar-refractivity contribution in [2.24, 2.45) is 0 Å². The number of phenolic OH excluding ortho intramolecular Hbond substituents is 2. The Bertz CT molecular complexity index is 2600. The summed E-state index contributed by atoms with van der Waals surface area (Å²) >= 11 is 11.4. The molecule has 14 nitrogen and oxygen atoms in total. The number of benzene rings is 4. The zero-order valence-electron chi connectivity index (χ0n) is 45.5. The maximum Gasteiger partial charge on any atom is 1.00 e. The Labute approximate surface area is 525 Å². The number of carbonyl (C=O) groups is 4. The molecule has 0 unspecified atom stereocenters. The van der Waals surface area contributed by atoms with Crippen molar-refractivity contribution in [3.8, 4) is 23.0 Å². The Morgan fingerprint density at radius 1 is 0.531 bits per heavy atom. The summed E-state index contributed by atoms with van der Waals surface area (Å²) in [6.45, 7) is 10.4. The third-order valence-corrected chi connectivity index (χ3v) is 12.6. The van der Waals surface area contributed by atoms with Crippen molar-refractivity contribution in [1.82, 2.24) is 0 Å². The number of aliphatic hydroxyl groups excluding tert-OH is 2. The number of esters is 2.